The second kappa shape index (κ2) is 7.10. The van der Waals surface area contributed by atoms with Gasteiger partial charge in [-0.2, -0.15) is 0 Å². The average molecular weight is 267 g/mol. The molecule has 2 heterocycles. The van der Waals surface area contributed by atoms with E-state index in [-0.39, 0.29) is 0 Å². The molecule has 4 heteroatoms. The van der Waals surface area contributed by atoms with Crippen LogP contribution in [-0.2, 0) is 6.54 Å². The van der Waals surface area contributed by atoms with Gasteiger partial charge in [0, 0.05) is 30.7 Å². The summed E-state index contributed by atoms with van der Waals surface area (Å²) >= 11 is 1.84. The fourth-order valence-corrected chi connectivity index (χ4v) is 3.73. The third-order valence-electron chi connectivity index (χ3n) is 3.71. The first-order valence-corrected chi connectivity index (χ1v) is 7.99. The van der Waals surface area contributed by atoms with Crippen LogP contribution in [0.25, 0.3) is 0 Å². The minimum Gasteiger partial charge on any atom is -0.348 e. The van der Waals surface area contributed by atoms with Crippen molar-refractivity contribution in [3.8, 4) is 0 Å². The predicted molar refractivity (Wildman–Crippen MR) is 79.3 cm³/mol. The van der Waals surface area contributed by atoms with Crippen molar-refractivity contribution < 1.29 is 0 Å². The van der Waals surface area contributed by atoms with Crippen LogP contribution in [0.4, 0.5) is 5.13 Å². The molecule has 0 saturated carbocycles. The van der Waals surface area contributed by atoms with Gasteiger partial charge in [-0.3, -0.25) is 0 Å². The van der Waals surface area contributed by atoms with Crippen LogP contribution in [-0.4, -0.2) is 25.1 Å². The summed E-state index contributed by atoms with van der Waals surface area (Å²) < 4.78 is 0. The highest BCUT2D eigenvalue weighted by atomic mass is 32.1. The van der Waals surface area contributed by atoms with E-state index < -0.39 is 0 Å². The van der Waals surface area contributed by atoms with Gasteiger partial charge >= 0.3 is 0 Å². The quantitative estimate of drug-likeness (QED) is 0.887. The van der Waals surface area contributed by atoms with Gasteiger partial charge in [0.2, 0.25) is 0 Å². The summed E-state index contributed by atoms with van der Waals surface area (Å²) in [5.74, 6) is 0.941. The SMILES string of the molecule is CCCC1CCCN(c2ncc(CNC)s2)CC1. The van der Waals surface area contributed by atoms with Crippen molar-refractivity contribution in [2.75, 3.05) is 25.0 Å². The van der Waals surface area contributed by atoms with Crippen molar-refractivity contribution in [1.29, 1.82) is 0 Å². The average Bonchev–Trinajstić information content (AvgIpc) is 2.70. The molecular weight excluding hydrogens is 242 g/mol. The second-order valence-corrected chi connectivity index (χ2v) is 6.31. The van der Waals surface area contributed by atoms with Crippen molar-refractivity contribution in [2.45, 2.75) is 45.6 Å². The maximum atomic E-state index is 4.58. The number of thiazole rings is 1. The Bertz CT molecular complexity index is 351. The van der Waals surface area contributed by atoms with Gasteiger partial charge in [-0.15, -0.1) is 11.3 Å². The predicted octanol–water partition coefficient (Wildman–Crippen LogP) is 3.27. The smallest absolute Gasteiger partial charge is 0.185 e. The summed E-state index contributed by atoms with van der Waals surface area (Å²) in [5.41, 5.74) is 0. The van der Waals surface area contributed by atoms with Gasteiger partial charge in [0.15, 0.2) is 5.13 Å². The monoisotopic (exact) mass is 267 g/mol. The van der Waals surface area contributed by atoms with Crippen LogP contribution in [0.3, 0.4) is 0 Å². The highest BCUT2D eigenvalue weighted by molar-refractivity contribution is 7.15. The van der Waals surface area contributed by atoms with Gasteiger partial charge < -0.3 is 10.2 Å². The zero-order valence-corrected chi connectivity index (χ0v) is 12.4. The molecule has 1 aromatic rings. The van der Waals surface area contributed by atoms with Crippen molar-refractivity contribution >= 4 is 16.5 Å². The molecule has 0 bridgehead atoms. The molecule has 0 radical (unpaired) electrons. The van der Waals surface area contributed by atoms with E-state index in [1.54, 1.807) is 0 Å². The van der Waals surface area contributed by atoms with Crippen LogP contribution in [0.1, 0.15) is 43.9 Å². The summed E-state index contributed by atoms with van der Waals surface area (Å²) in [6.45, 7) is 5.61. The standard InChI is InChI=1S/C14H25N3S/c1-3-5-12-6-4-8-17(9-7-12)14-16-11-13(18-14)10-15-2/h11-12,15H,3-10H2,1-2H3. The highest BCUT2D eigenvalue weighted by Crippen LogP contribution is 2.28. The Morgan fingerprint density at radius 1 is 1.44 bits per heavy atom. The second-order valence-electron chi connectivity index (χ2n) is 5.21. The van der Waals surface area contributed by atoms with Gasteiger partial charge in [0.25, 0.3) is 0 Å². The fraction of sp³-hybridized carbons (Fsp3) is 0.786. The molecule has 1 saturated heterocycles. The van der Waals surface area contributed by atoms with Crippen LogP contribution < -0.4 is 10.2 Å². The van der Waals surface area contributed by atoms with E-state index in [2.05, 4.69) is 22.1 Å². The molecule has 0 aliphatic carbocycles. The molecule has 1 atom stereocenters. The van der Waals surface area contributed by atoms with Gasteiger partial charge in [-0.05, 0) is 32.2 Å². The Morgan fingerprint density at radius 2 is 2.33 bits per heavy atom. The molecule has 1 N–H and O–H groups in total. The Morgan fingerprint density at radius 3 is 3.11 bits per heavy atom. The van der Waals surface area contributed by atoms with E-state index in [9.17, 15) is 0 Å². The molecule has 1 unspecified atom stereocenters. The molecule has 1 aliphatic heterocycles. The number of aromatic nitrogens is 1. The van der Waals surface area contributed by atoms with Crippen molar-refractivity contribution in [2.24, 2.45) is 5.92 Å². The molecule has 102 valence electrons. The Labute approximate surface area is 115 Å². The molecule has 0 aromatic carbocycles. The Kier molecular flexibility index (Phi) is 5.45. The van der Waals surface area contributed by atoms with Crippen molar-refractivity contribution in [3.05, 3.63) is 11.1 Å². The Balaban J connectivity index is 1.92. The number of rotatable bonds is 5. The van der Waals surface area contributed by atoms with E-state index in [1.807, 2.05) is 24.6 Å². The minimum absolute atomic E-state index is 0.934. The summed E-state index contributed by atoms with van der Waals surface area (Å²) in [6.07, 6.45) is 8.81. The van der Waals surface area contributed by atoms with Crippen molar-refractivity contribution in [3.63, 3.8) is 0 Å². The molecule has 0 spiro atoms. The fourth-order valence-electron chi connectivity index (χ4n) is 2.75. The molecule has 1 aliphatic rings. The Hall–Kier alpha value is -0.610. The third kappa shape index (κ3) is 3.69. The summed E-state index contributed by atoms with van der Waals surface area (Å²) in [4.78, 5) is 8.40. The lowest BCUT2D eigenvalue weighted by Gasteiger charge is -2.19. The number of nitrogens with zero attached hydrogens (tertiary/aromatic N) is 2. The lowest BCUT2D eigenvalue weighted by molar-refractivity contribution is 0.435. The number of anilines is 1. The van der Waals surface area contributed by atoms with Crippen LogP contribution in [0.5, 0.6) is 0 Å². The van der Waals surface area contributed by atoms with Crippen LogP contribution in [0.2, 0.25) is 0 Å². The van der Waals surface area contributed by atoms with E-state index in [4.69, 9.17) is 0 Å². The van der Waals surface area contributed by atoms with Gasteiger partial charge in [-0.1, -0.05) is 19.8 Å². The third-order valence-corrected chi connectivity index (χ3v) is 4.77. The zero-order chi connectivity index (χ0) is 12.8. The van der Waals surface area contributed by atoms with Gasteiger partial charge in [0.05, 0.1) is 0 Å². The zero-order valence-electron chi connectivity index (χ0n) is 11.6. The number of hydrogen-bond acceptors (Lipinski definition) is 4. The minimum atomic E-state index is 0.934. The van der Waals surface area contributed by atoms with E-state index in [1.165, 1.54) is 55.2 Å². The lowest BCUT2D eigenvalue weighted by atomic mass is 9.96. The molecular formula is C14H25N3S. The van der Waals surface area contributed by atoms with E-state index in [0.717, 1.165) is 12.5 Å². The largest absolute Gasteiger partial charge is 0.348 e. The summed E-state index contributed by atoms with van der Waals surface area (Å²) in [5, 5.41) is 4.41. The van der Waals surface area contributed by atoms with Crippen LogP contribution in [0, 0.1) is 5.92 Å². The van der Waals surface area contributed by atoms with Crippen molar-refractivity contribution in [1.82, 2.24) is 10.3 Å². The van der Waals surface area contributed by atoms with Gasteiger partial charge in [-0.25, -0.2) is 4.98 Å². The first-order chi connectivity index (χ1) is 8.83. The van der Waals surface area contributed by atoms with E-state index in [0.29, 0.717) is 0 Å². The maximum absolute atomic E-state index is 4.58. The first kappa shape index (κ1) is 13.8. The lowest BCUT2D eigenvalue weighted by Crippen LogP contribution is -2.23. The molecule has 18 heavy (non-hydrogen) atoms. The summed E-state index contributed by atoms with van der Waals surface area (Å²) in [7, 11) is 1.99. The topological polar surface area (TPSA) is 28.2 Å². The highest BCUT2D eigenvalue weighted by Gasteiger charge is 2.18. The molecule has 1 aromatic heterocycles. The summed E-state index contributed by atoms with van der Waals surface area (Å²) in [6, 6.07) is 0. The first-order valence-electron chi connectivity index (χ1n) is 7.17. The van der Waals surface area contributed by atoms with E-state index >= 15 is 0 Å². The normalized spacial score (nSPS) is 21.0. The van der Waals surface area contributed by atoms with Gasteiger partial charge in [0.1, 0.15) is 0 Å². The van der Waals surface area contributed by atoms with Crippen LogP contribution in [0.15, 0.2) is 6.20 Å². The molecule has 2 rings (SSSR count). The molecule has 1 fully saturated rings. The molecule has 0 amide bonds. The number of nitrogens with one attached hydrogen (secondary N) is 1. The maximum Gasteiger partial charge on any atom is 0.185 e. The molecule has 3 nitrogen and oxygen atoms in total. The number of hydrogen-bond donors (Lipinski definition) is 1. The van der Waals surface area contributed by atoms with Crippen LogP contribution >= 0.6 is 11.3 Å².